The molecule has 5 nitrogen and oxygen atoms in total. The minimum Gasteiger partial charge on any atom is -0.507 e. The topological polar surface area (TPSA) is 62.5 Å². The van der Waals surface area contributed by atoms with E-state index in [0.717, 1.165) is 16.0 Å². The van der Waals surface area contributed by atoms with E-state index in [0.29, 0.717) is 21.9 Å². The number of hydrogen-bond acceptors (Lipinski definition) is 4. The van der Waals surface area contributed by atoms with Crippen molar-refractivity contribution in [2.45, 2.75) is 0 Å². The molecule has 0 spiro atoms. The van der Waals surface area contributed by atoms with Crippen LogP contribution in [0.15, 0.2) is 65.5 Å². The van der Waals surface area contributed by atoms with Gasteiger partial charge in [0.15, 0.2) is 5.65 Å². The molecule has 2 heterocycles. The molecular formula is C18H12BrClN4O. The second-order valence-corrected chi connectivity index (χ2v) is 6.76. The lowest BCUT2D eigenvalue weighted by Gasteiger charge is -2.10. The highest BCUT2D eigenvalue weighted by Gasteiger charge is 2.17. The van der Waals surface area contributed by atoms with E-state index < -0.39 is 0 Å². The number of nitrogens with one attached hydrogen (secondary N) is 1. The molecular weight excluding hydrogens is 404 g/mol. The van der Waals surface area contributed by atoms with Crippen molar-refractivity contribution in [3.8, 4) is 17.0 Å². The molecule has 7 heteroatoms. The van der Waals surface area contributed by atoms with Crippen LogP contribution in [0.4, 0.5) is 11.5 Å². The molecule has 0 aliphatic carbocycles. The first-order chi connectivity index (χ1) is 12.1. The van der Waals surface area contributed by atoms with E-state index >= 15 is 0 Å². The summed E-state index contributed by atoms with van der Waals surface area (Å²) >= 11 is 9.41. The van der Waals surface area contributed by atoms with E-state index in [4.69, 9.17) is 11.6 Å². The van der Waals surface area contributed by atoms with Crippen molar-refractivity contribution in [3.05, 3.63) is 70.6 Å². The Hall–Kier alpha value is -2.57. The largest absolute Gasteiger partial charge is 0.507 e. The van der Waals surface area contributed by atoms with E-state index in [1.54, 1.807) is 24.5 Å². The highest BCUT2D eigenvalue weighted by Crippen LogP contribution is 2.37. The number of fused-ring (bicyclic) bond motifs is 1. The van der Waals surface area contributed by atoms with Gasteiger partial charge in [-0.25, -0.2) is 4.98 Å². The molecule has 0 saturated carbocycles. The molecule has 0 amide bonds. The number of halogens is 2. The third kappa shape index (κ3) is 3.06. The Balaban J connectivity index is 1.92. The number of hydrogen-bond donors (Lipinski definition) is 2. The maximum Gasteiger partial charge on any atom is 0.157 e. The number of nitrogens with zero attached hydrogens (tertiary/aromatic N) is 3. The molecule has 4 aromatic rings. The van der Waals surface area contributed by atoms with Crippen LogP contribution >= 0.6 is 27.5 Å². The molecule has 2 N–H and O–H groups in total. The Kier molecular flexibility index (Phi) is 4.07. The number of imidazole rings is 1. The standard InChI is InChI=1S/C18H12BrClN4O/c19-11-1-6-15(25)14(9-11)17-18(22-13-4-2-12(20)3-5-13)24-8-7-21-10-16(24)23-17/h1-10,22,25H. The van der Waals surface area contributed by atoms with Crippen LogP contribution < -0.4 is 5.32 Å². The third-order valence-electron chi connectivity index (χ3n) is 3.75. The minimum absolute atomic E-state index is 0.152. The molecule has 0 saturated heterocycles. The van der Waals surface area contributed by atoms with E-state index in [-0.39, 0.29) is 5.75 Å². The van der Waals surface area contributed by atoms with Gasteiger partial charge in [-0.05, 0) is 42.5 Å². The summed E-state index contributed by atoms with van der Waals surface area (Å²) in [5.74, 6) is 0.881. The summed E-state index contributed by atoms with van der Waals surface area (Å²) in [6.45, 7) is 0. The van der Waals surface area contributed by atoms with Gasteiger partial charge >= 0.3 is 0 Å². The molecule has 0 atom stereocenters. The van der Waals surface area contributed by atoms with Gasteiger partial charge in [0.25, 0.3) is 0 Å². The van der Waals surface area contributed by atoms with Crippen molar-refractivity contribution in [2.75, 3.05) is 5.32 Å². The first-order valence-corrected chi connectivity index (χ1v) is 8.62. The zero-order chi connectivity index (χ0) is 17.4. The highest BCUT2D eigenvalue weighted by atomic mass is 79.9. The highest BCUT2D eigenvalue weighted by molar-refractivity contribution is 9.10. The lowest BCUT2D eigenvalue weighted by Crippen LogP contribution is -1.97. The first kappa shape index (κ1) is 15.9. The second-order valence-electron chi connectivity index (χ2n) is 5.41. The summed E-state index contributed by atoms with van der Waals surface area (Å²) in [6, 6.07) is 12.6. The summed E-state index contributed by atoms with van der Waals surface area (Å²) in [6.07, 6.45) is 5.18. The van der Waals surface area contributed by atoms with Gasteiger partial charge in [-0.1, -0.05) is 27.5 Å². The smallest absolute Gasteiger partial charge is 0.157 e. The number of rotatable bonds is 3. The summed E-state index contributed by atoms with van der Waals surface area (Å²) in [7, 11) is 0. The van der Waals surface area contributed by atoms with Crippen LogP contribution in [0.1, 0.15) is 0 Å². The van der Waals surface area contributed by atoms with Crippen LogP contribution in [0.25, 0.3) is 16.9 Å². The fraction of sp³-hybridized carbons (Fsp3) is 0. The minimum atomic E-state index is 0.152. The monoisotopic (exact) mass is 414 g/mol. The van der Waals surface area contributed by atoms with Crippen molar-refractivity contribution in [1.82, 2.24) is 14.4 Å². The molecule has 25 heavy (non-hydrogen) atoms. The average Bonchev–Trinajstić information content (AvgIpc) is 2.97. The molecule has 2 aromatic carbocycles. The molecule has 0 aliphatic heterocycles. The predicted octanol–water partition coefficient (Wildman–Crippen LogP) is 5.26. The van der Waals surface area contributed by atoms with Crippen molar-refractivity contribution in [1.29, 1.82) is 0 Å². The lowest BCUT2D eigenvalue weighted by molar-refractivity contribution is 0.477. The molecule has 0 radical (unpaired) electrons. The maximum atomic E-state index is 10.3. The maximum absolute atomic E-state index is 10.3. The number of phenols is 1. The van der Waals surface area contributed by atoms with Gasteiger partial charge in [0.1, 0.15) is 17.3 Å². The van der Waals surface area contributed by atoms with Crippen LogP contribution in [-0.4, -0.2) is 19.5 Å². The molecule has 2 aromatic heterocycles. The van der Waals surface area contributed by atoms with E-state index in [1.165, 1.54) is 0 Å². The SMILES string of the molecule is Oc1ccc(Br)cc1-c1nc2cnccn2c1Nc1ccc(Cl)cc1. The van der Waals surface area contributed by atoms with Gasteiger partial charge in [0, 0.05) is 33.1 Å². The molecule has 4 rings (SSSR count). The fourth-order valence-corrected chi connectivity index (χ4v) is 3.07. The molecule has 124 valence electrons. The third-order valence-corrected chi connectivity index (χ3v) is 4.50. The van der Waals surface area contributed by atoms with E-state index in [9.17, 15) is 5.11 Å². The summed E-state index contributed by atoms with van der Waals surface area (Å²) < 4.78 is 2.74. The van der Waals surface area contributed by atoms with Crippen molar-refractivity contribution < 1.29 is 5.11 Å². The van der Waals surface area contributed by atoms with Gasteiger partial charge < -0.3 is 10.4 Å². The normalized spacial score (nSPS) is 11.0. The van der Waals surface area contributed by atoms with Gasteiger partial charge in [0.05, 0.1) is 6.20 Å². The lowest BCUT2D eigenvalue weighted by atomic mass is 10.1. The van der Waals surface area contributed by atoms with E-state index in [2.05, 4.69) is 31.2 Å². The summed E-state index contributed by atoms with van der Waals surface area (Å²) in [5.41, 5.74) is 2.78. The molecule has 0 fully saturated rings. The van der Waals surface area contributed by atoms with Crippen molar-refractivity contribution in [3.63, 3.8) is 0 Å². The number of benzene rings is 2. The summed E-state index contributed by atoms with van der Waals surface area (Å²) in [5, 5.41) is 14.3. The predicted molar refractivity (Wildman–Crippen MR) is 103 cm³/mol. The Morgan fingerprint density at radius 3 is 2.72 bits per heavy atom. The Morgan fingerprint density at radius 2 is 1.92 bits per heavy atom. The number of aromatic hydroxyl groups is 1. The molecule has 0 bridgehead atoms. The van der Waals surface area contributed by atoms with Gasteiger partial charge in [0.2, 0.25) is 0 Å². The van der Waals surface area contributed by atoms with Crippen LogP contribution in [-0.2, 0) is 0 Å². The molecule has 0 unspecified atom stereocenters. The Bertz CT molecular complexity index is 1060. The average molecular weight is 416 g/mol. The Morgan fingerprint density at radius 1 is 1.12 bits per heavy atom. The van der Waals surface area contributed by atoms with Gasteiger partial charge in [-0.3, -0.25) is 9.38 Å². The number of anilines is 2. The molecule has 0 aliphatic rings. The fourth-order valence-electron chi connectivity index (χ4n) is 2.58. The van der Waals surface area contributed by atoms with Gasteiger partial charge in [-0.2, -0.15) is 0 Å². The number of phenolic OH excluding ortho intramolecular Hbond substituents is 1. The second kappa shape index (κ2) is 6.38. The van der Waals surface area contributed by atoms with Crippen molar-refractivity contribution in [2.24, 2.45) is 0 Å². The van der Waals surface area contributed by atoms with Crippen LogP contribution in [0, 0.1) is 0 Å². The van der Waals surface area contributed by atoms with Crippen molar-refractivity contribution >= 4 is 44.7 Å². The zero-order valence-corrected chi connectivity index (χ0v) is 15.2. The van der Waals surface area contributed by atoms with Crippen LogP contribution in [0.2, 0.25) is 5.02 Å². The van der Waals surface area contributed by atoms with Gasteiger partial charge in [-0.15, -0.1) is 0 Å². The van der Waals surface area contributed by atoms with E-state index in [1.807, 2.05) is 40.9 Å². The quantitative estimate of drug-likeness (QED) is 0.479. The zero-order valence-electron chi connectivity index (χ0n) is 12.8. The van der Waals surface area contributed by atoms with Crippen LogP contribution in [0.3, 0.4) is 0 Å². The Labute approximate surface area is 157 Å². The summed E-state index contributed by atoms with van der Waals surface area (Å²) in [4.78, 5) is 8.75. The first-order valence-electron chi connectivity index (χ1n) is 7.45. The number of aromatic nitrogens is 3. The van der Waals surface area contributed by atoms with Crippen LogP contribution in [0.5, 0.6) is 5.75 Å².